The first-order valence-electron chi connectivity index (χ1n) is 10.8. The molecule has 1 aromatic carbocycles. The van der Waals surface area contributed by atoms with E-state index in [4.69, 9.17) is 16.3 Å². The van der Waals surface area contributed by atoms with Crippen molar-refractivity contribution in [3.05, 3.63) is 51.5 Å². The van der Waals surface area contributed by atoms with E-state index in [1.807, 2.05) is 41.9 Å². The van der Waals surface area contributed by atoms with Crippen molar-refractivity contribution in [1.29, 1.82) is 0 Å². The molecule has 2 atom stereocenters. The van der Waals surface area contributed by atoms with Crippen LogP contribution in [0.15, 0.2) is 30.3 Å². The van der Waals surface area contributed by atoms with Crippen molar-refractivity contribution >= 4 is 39.1 Å². The average Bonchev–Trinajstić information content (AvgIpc) is 3.28. The molecule has 1 fully saturated rings. The molecule has 0 spiro atoms. The molecular formula is C23H29ClN4O2S. The number of fused-ring (bicyclic) bond motifs is 1. The molecule has 0 saturated carbocycles. The van der Waals surface area contributed by atoms with Gasteiger partial charge in [-0.3, -0.25) is 14.4 Å². The Bertz CT molecular complexity index is 1040. The standard InChI is InChI=1S/C23H29ClN4O2S/c1-15-12-27(13-16(2)30-15)10-4-9-25-22(29)21-11-20-17(3)26-28(23(20)31-21)14-18-5-7-19(24)8-6-18/h5-8,11,15-16H,4,9-10,12-14H2,1-3H3,(H,25,29). The molecule has 4 rings (SSSR count). The fourth-order valence-electron chi connectivity index (χ4n) is 4.15. The largest absolute Gasteiger partial charge is 0.373 e. The van der Waals surface area contributed by atoms with Gasteiger partial charge in [0.15, 0.2) is 0 Å². The summed E-state index contributed by atoms with van der Waals surface area (Å²) in [7, 11) is 0. The van der Waals surface area contributed by atoms with E-state index >= 15 is 0 Å². The zero-order chi connectivity index (χ0) is 22.0. The number of benzene rings is 1. The highest BCUT2D eigenvalue weighted by molar-refractivity contribution is 7.20. The smallest absolute Gasteiger partial charge is 0.261 e. The van der Waals surface area contributed by atoms with Gasteiger partial charge in [0.05, 0.1) is 29.3 Å². The number of ether oxygens (including phenoxy) is 1. The van der Waals surface area contributed by atoms with Gasteiger partial charge in [-0.15, -0.1) is 11.3 Å². The van der Waals surface area contributed by atoms with Crippen molar-refractivity contribution in [3.8, 4) is 0 Å². The van der Waals surface area contributed by atoms with Gasteiger partial charge in [0, 0.05) is 36.6 Å². The lowest BCUT2D eigenvalue weighted by atomic mass is 10.2. The molecule has 0 aliphatic carbocycles. The van der Waals surface area contributed by atoms with Crippen LogP contribution >= 0.6 is 22.9 Å². The number of aryl methyl sites for hydroxylation is 1. The third-order valence-corrected chi connectivity index (χ3v) is 6.91. The van der Waals surface area contributed by atoms with Gasteiger partial charge >= 0.3 is 0 Å². The van der Waals surface area contributed by atoms with E-state index in [0.717, 1.165) is 57.4 Å². The third kappa shape index (κ3) is 5.47. The summed E-state index contributed by atoms with van der Waals surface area (Å²) >= 11 is 7.49. The van der Waals surface area contributed by atoms with Gasteiger partial charge in [-0.05, 0) is 51.0 Å². The highest BCUT2D eigenvalue weighted by atomic mass is 35.5. The van der Waals surface area contributed by atoms with E-state index in [0.29, 0.717) is 13.1 Å². The van der Waals surface area contributed by atoms with Crippen LogP contribution in [0.2, 0.25) is 5.02 Å². The number of rotatable bonds is 7. The van der Waals surface area contributed by atoms with E-state index in [1.54, 1.807) is 0 Å². The van der Waals surface area contributed by atoms with Crippen LogP contribution < -0.4 is 5.32 Å². The summed E-state index contributed by atoms with van der Waals surface area (Å²) in [6.07, 6.45) is 1.47. The van der Waals surface area contributed by atoms with Crippen molar-refractivity contribution in [3.63, 3.8) is 0 Å². The summed E-state index contributed by atoms with van der Waals surface area (Å²) in [4.78, 5) is 16.9. The Morgan fingerprint density at radius 1 is 1.26 bits per heavy atom. The van der Waals surface area contributed by atoms with Gasteiger partial charge < -0.3 is 10.1 Å². The van der Waals surface area contributed by atoms with Crippen molar-refractivity contribution in [2.24, 2.45) is 0 Å². The van der Waals surface area contributed by atoms with Crippen molar-refractivity contribution in [1.82, 2.24) is 20.0 Å². The molecule has 31 heavy (non-hydrogen) atoms. The number of morpholine rings is 1. The van der Waals surface area contributed by atoms with E-state index < -0.39 is 0 Å². The second-order valence-electron chi connectivity index (χ2n) is 8.33. The van der Waals surface area contributed by atoms with Crippen LogP contribution in [0.25, 0.3) is 10.2 Å². The lowest BCUT2D eigenvalue weighted by Crippen LogP contribution is -2.46. The van der Waals surface area contributed by atoms with Gasteiger partial charge in [0.25, 0.3) is 5.91 Å². The summed E-state index contributed by atoms with van der Waals surface area (Å²) in [6.45, 7) is 10.4. The second-order valence-corrected chi connectivity index (χ2v) is 9.79. The number of hydrogen-bond acceptors (Lipinski definition) is 5. The maximum absolute atomic E-state index is 12.7. The number of thiophene rings is 1. The SMILES string of the molecule is Cc1nn(Cc2ccc(Cl)cc2)c2sc(C(=O)NCCCN3CC(C)OC(C)C3)cc12. The second kappa shape index (κ2) is 9.69. The quantitative estimate of drug-likeness (QED) is 0.533. The Labute approximate surface area is 192 Å². The molecule has 1 saturated heterocycles. The van der Waals surface area contributed by atoms with Crippen LogP contribution in [0.4, 0.5) is 0 Å². The maximum Gasteiger partial charge on any atom is 0.261 e. The van der Waals surface area contributed by atoms with Gasteiger partial charge in [0.2, 0.25) is 0 Å². The molecule has 3 heterocycles. The number of hydrogen-bond donors (Lipinski definition) is 1. The number of nitrogens with zero attached hydrogens (tertiary/aromatic N) is 3. The van der Waals surface area contributed by atoms with Gasteiger partial charge in [0.1, 0.15) is 4.83 Å². The first-order chi connectivity index (χ1) is 14.9. The summed E-state index contributed by atoms with van der Waals surface area (Å²) < 4.78 is 7.75. The van der Waals surface area contributed by atoms with Crippen LogP contribution in [0.3, 0.4) is 0 Å². The Morgan fingerprint density at radius 2 is 1.97 bits per heavy atom. The Kier molecular flexibility index (Phi) is 6.96. The van der Waals surface area contributed by atoms with E-state index in [9.17, 15) is 4.79 Å². The lowest BCUT2D eigenvalue weighted by Gasteiger charge is -2.35. The molecule has 3 aromatic rings. The fraction of sp³-hybridized carbons (Fsp3) is 0.478. The summed E-state index contributed by atoms with van der Waals surface area (Å²) in [5.41, 5.74) is 2.06. The predicted octanol–water partition coefficient (Wildman–Crippen LogP) is 4.34. The molecule has 0 bridgehead atoms. The highest BCUT2D eigenvalue weighted by Crippen LogP contribution is 2.29. The zero-order valence-electron chi connectivity index (χ0n) is 18.2. The topological polar surface area (TPSA) is 59.4 Å². The van der Waals surface area contributed by atoms with Crippen molar-refractivity contribution < 1.29 is 9.53 Å². The molecule has 6 nitrogen and oxygen atoms in total. The number of aromatic nitrogens is 2. The lowest BCUT2D eigenvalue weighted by molar-refractivity contribution is -0.0679. The molecule has 2 aromatic heterocycles. The minimum atomic E-state index is -0.0117. The molecule has 1 aliphatic heterocycles. The van der Waals surface area contributed by atoms with E-state index in [2.05, 4.69) is 29.2 Å². The Morgan fingerprint density at radius 3 is 2.68 bits per heavy atom. The highest BCUT2D eigenvalue weighted by Gasteiger charge is 2.21. The first-order valence-corrected chi connectivity index (χ1v) is 12.0. The molecular weight excluding hydrogens is 432 g/mol. The van der Waals surface area contributed by atoms with Crippen molar-refractivity contribution in [2.75, 3.05) is 26.2 Å². The molecule has 8 heteroatoms. The Balaban J connectivity index is 1.34. The normalized spacial score (nSPS) is 19.7. The van der Waals surface area contributed by atoms with Gasteiger partial charge in [-0.2, -0.15) is 5.10 Å². The number of nitrogens with one attached hydrogen (secondary N) is 1. The zero-order valence-corrected chi connectivity index (χ0v) is 19.8. The van der Waals surface area contributed by atoms with E-state index in [1.165, 1.54) is 11.3 Å². The van der Waals surface area contributed by atoms with Crippen molar-refractivity contribution in [2.45, 2.75) is 45.9 Å². The maximum atomic E-state index is 12.7. The van der Waals surface area contributed by atoms with Crippen LogP contribution in [0.1, 0.15) is 41.2 Å². The number of carbonyl (C=O) groups excluding carboxylic acids is 1. The summed E-state index contributed by atoms with van der Waals surface area (Å²) in [5.74, 6) is -0.0117. The summed E-state index contributed by atoms with van der Waals surface area (Å²) in [5, 5.41) is 9.49. The van der Waals surface area contributed by atoms with Crippen LogP contribution in [-0.2, 0) is 11.3 Å². The van der Waals surface area contributed by atoms with Crippen LogP contribution in [0.5, 0.6) is 0 Å². The monoisotopic (exact) mass is 460 g/mol. The molecule has 166 valence electrons. The Hall–Kier alpha value is -1.93. The third-order valence-electron chi connectivity index (χ3n) is 5.51. The molecule has 1 N–H and O–H groups in total. The number of halogens is 1. The number of amides is 1. The predicted molar refractivity (Wildman–Crippen MR) is 126 cm³/mol. The molecule has 1 amide bonds. The first kappa shape index (κ1) is 22.3. The minimum absolute atomic E-state index is 0.0117. The summed E-state index contributed by atoms with van der Waals surface area (Å²) in [6, 6.07) is 9.73. The van der Waals surface area contributed by atoms with Crippen LogP contribution in [-0.4, -0.2) is 59.0 Å². The molecule has 1 aliphatic rings. The van der Waals surface area contributed by atoms with E-state index in [-0.39, 0.29) is 18.1 Å². The minimum Gasteiger partial charge on any atom is -0.373 e. The average molecular weight is 461 g/mol. The fourth-order valence-corrected chi connectivity index (χ4v) is 5.36. The van der Waals surface area contributed by atoms with Gasteiger partial charge in [-0.1, -0.05) is 23.7 Å². The van der Waals surface area contributed by atoms with Gasteiger partial charge in [-0.25, -0.2) is 0 Å². The molecule has 0 radical (unpaired) electrons. The molecule has 2 unspecified atom stereocenters. The number of carbonyl (C=O) groups is 1. The van der Waals surface area contributed by atoms with Crippen LogP contribution in [0, 0.1) is 6.92 Å².